The zero-order chi connectivity index (χ0) is 25.9. The Morgan fingerprint density at radius 2 is 1.97 bits per heavy atom. The van der Waals surface area contributed by atoms with Crippen molar-refractivity contribution in [2.45, 2.75) is 51.5 Å². The van der Waals surface area contributed by atoms with Crippen LogP contribution >= 0.6 is 23.1 Å². The number of β-lactam (4-membered cyclic amide) rings is 1. The molecule has 2 aliphatic heterocycles. The largest absolute Gasteiger partial charge is 0.511 e. The van der Waals surface area contributed by atoms with Crippen molar-refractivity contribution in [2.24, 2.45) is 5.16 Å². The summed E-state index contributed by atoms with van der Waals surface area (Å²) in [6, 6.07) is -0.920. The number of thiazole rings is 1. The van der Waals surface area contributed by atoms with Crippen molar-refractivity contribution in [3.05, 3.63) is 22.3 Å². The second kappa shape index (κ2) is 10.9. The molecule has 1 unspecified atom stereocenters. The van der Waals surface area contributed by atoms with Crippen molar-refractivity contribution >= 4 is 57.9 Å². The van der Waals surface area contributed by atoms with Gasteiger partial charge >= 0.3 is 12.1 Å². The van der Waals surface area contributed by atoms with E-state index in [0.717, 1.165) is 11.3 Å². The molecule has 0 spiro atoms. The lowest BCUT2D eigenvalue weighted by Crippen LogP contribution is -2.71. The van der Waals surface area contributed by atoms with Gasteiger partial charge in [0.1, 0.15) is 29.9 Å². The second-order valence-corrected chi connectivity index (χ2v) is 9.69. The molecule has 0 bridgehead atoms. The number of aromatic nitrogens is 1. The number of carbonyl (C=O) groups excluding carboxylic acids is 4. The van der Waals surface area contributed by atoms with Gasteiger partial charge < -0.3 is 30.1 Å². The highest BCUT2D eigenvalue weighted by molar-refractivity contribution is 8.00. The Balaban J connectivity index is 1.67. The molecular formula is C20H25N5O8S2. The Kier molecular flexibility index (Phi) is 8.22. The smallest absolute Gasteiger partial charge is 0.431 e. The van der Waals surface area contributed by atoms with Gasteiger partial charge in [-0.25, -0.2) is 14.6 Å². The lowest BCUT2D eigenvalue weighted by molar-refractivity contribution is -0.169. The van der Waals surface area contributed by atoms with E-state index in [2.05, 4.69) is 15.5 Å². The fraction of sp³-hybridized carbons (Fsp3) is 0.500. The van der Waals surface area contributed by atoms with Crippen LogP contribution in [0.2, 0.25) is 0 Å². The fourth-order valence-electron chi connectivity index (χ4n) is 3.25. The van der Waals surface area contributed by atoms with Crippen molar-refractivity contribution in [1.29, 1.82) is 0 Å². The number of nitrogens with zero attached hydrogens (tertiary/aromatic N) is 3. The molecule has 3 rings (SSSR count). The van der Waals surface area contributed by atoms with E-state index in [1.165, 1.54) is 36.1 Å². The Morgan fingerprint density at radius 1 is 1.26 bits per heavy atom. The summed E-state index contributed by atoms with van der Waals surface area (Å²) in [6.07, 6.45) is -2.63. The third-order valence-corrected chi connectivity index (χ3v) is 6.77. The topological polar surface area (TPSA) is 172 Å². The number of anilines is 1. The van der Waals surface area contributed by atoms with Crippen LogP contribution in [0.1, 0.15) is 33.4 Å². The van der Waals surface area contributed by atoms with E-state index in [4.69, 9.17) is 24.8 Å². The number of amides is 2. The van der Waals surface area contributed by atoms with Crippen LogP contribution in [-0.4, -0.2) is 76.2 Å². The summed E-state index contributed by atoms with van der Waals surface area (Å²) in [5, 5.41) is 7.55. The normalized spacial score (nSPS) is 20.6. The van der Waals surface area contributed by atoms with Gasteiger partial charge in [0.25, 0.3) is 11.8 Å². The van der Waals surface area contributed by atoms with E-state index in [0.29, 0.717) is 11.3 Å². The van der Waals surface area contributed by atoms with Gasteiger partial charge in [0.05, 0.1) is 6.10 Å². The number of rotatable bonds is 8. The Hall–Kier alpha value is -3.33. The minimum Gasteiger partial charge on any atom is -0.431 e. The van der Waals surface area contributed by atoms with E-state index in [-0.39, 0.29) is 22.2 Å². The van der Waals surface area contributed by atoms with E-state index in [1.807, 2.05) is 0 Å². The molecule has 15 heteroatoms. The highest BCUT2D eigenvalue weighted by Crippen LogP contribution is 2.40. The molecule has 190 valence electrons. The summed E-state index contributed by atoms with van der Waals surface area (Å²) in [4.78, 5) is 60.2. The summed E-state index contributed by atoms with van der Waals surface area (Å²) in [5.41, 5.74) is 6.34. The average Bonchev–Trinajstić information content (AvgIpc) is 3.20. The number of nitrogens with two attached hydrogens (primary N) is 1. The fourth-order valence-corrected chi connectivity index (χ4v) is 5.09. The van der Waals surface area contributed by atoms with Crippen LogP contribution in [-0.2, 0) is 33.4 Å². The first-order valence-electron chi connectivity index (χ1n) is 10.4. The van der Waals surface area contributed by atoms with E-state index < -0.39 is 47.7 Å². The minimum absolute atomic E-state index is 0.0370. The number of nitrogens with one attached hydrogen (secondary N) is 1. The van der Waals surface area contributed by atoms with Crippen LogP contribution in [0.15, 0.2) is 21.8 Å². The molecule has 0 saturated carbocycles. The van der Waals surface area contributed by atoms with Gasteiger partial charge in [0.15, 0.2) is 10.8 Å². The quantitative estimate of drug-likeness (QED) is 0.164. The van der Waals surface area contributed by atoms with Crippen LogP contribution in [0.5, 0.6) is 0 Å². The van der Waals surface area contributed by atoms with Crippen LogP contribution in [0.3, 0.4) is 0 Å². The van der Waals surface area contributed by atoms with Crippen molar-refractivity contribution in [1.82, 2.24) is 15.2 Å². The molecule has 0 aliphatic carbocycles. The Labute approximate surface area is 209 Å². The molecule has 3 atom stereocenters. The van der Waals surface area contributed by atoms with Crippen molar-refractivity contribution in [3.8, 4) is 0 Å². The number of fused-ring (bicyclic) bond motifs is 1. The average molecular weight is 528 g/mol. The lowest BCUT2D eigenvalue weighted by atomic mass is 10.0. The summed E-state index contributed by atoms with van der Waals surface area (Å²) in [6.45, 7) is 6.33. The van der Waals surface area contributed by atoms with E-state index in [9.17, 15) is 19.2 Å². The molecule has 1 aromatic heterocycles. The van der Waals surface area contributed by atoms with Crippen LogP contribution in [0.25, 0.3) is 0 Å². The Morgan fingerprint density at radius 3 is 2.57 bits per heavy atom. The highest BCUT2D eigenvalue weighted by Gasteiger charge is 2.54. The second-order valence-electron chi connectivity index (χ2n) is 7.69. The molecule has 0 radical (unpaired) electrons. The lowest BCUT2D eigenvalue weighted by Gasteiger charge is -2.49. The summed E-state index contributed by atoms with van der Waals surface area (Å²) < 4.78 is 14.9. The predicted octanol–water partition coefficient (Wildman–Crippen LogP) is 1.20. The maximum Gasteiger partial charge on any atom is 0.511 e. The highest BCUT2D eigenvalue weighted by atomic mass is 32.2. The molecule has 1 saturated heterocycles. The number of hydrogen-bond donors (Lipinski definition) is 2. The maximum atomic E-state index is 12.9. The van der Waals surface area contributed by atoms with Gasteiger partial charge in [-0.05, 0) is 26.3 Å². The number of thioether (sulfide) groups is 1. The number of nitrogen functional groups attached to an aromatic ring is 1. The number of hydrogen-bond acceptors (Lipinski definition) is 13. The summed E-state index contributed by atoms with van der Waals surface area (Å²) >= 11 is 2.49. The summed E-state index contributed by atoms with van der Waals surface area (Å²) in [7, 11) is 1.27. The van der Waals surface area contributed by atoms with Crippen molar-refractivity contribution in [2.75, 3.05) is 18.6 Å². The maximum absolute atomic E-state index is 12.9. The summed E-state index contributed by atoms with van der Waals surface area (Å²) in [5.74, 6) is -1.62. The molecule has 2 aliphatic rings. The first kappa shape index (κ1) is 26.3. The molecule has 1 fully saturated rings. The molecule has 0 aromatic carbocycles. The molecule has 13 nitrogen and oxygen atoms in total. The zero-order valence-electron chi connectivity index (χ0n) is 19.6. The van der Waals surface area contributed by atoms with Crippen LogP contribution < -0.4 is 11.1 Å². The SMILES string of the molecule is CO/N=C(/C(=O)N[C@@H]1C(=O)N2C(C(=O)OC(C)OC(=O)OC(C)C)=C(C)CS[C@H]12)c1csc(N)n1. The van der Waals surface area contributed by atoms with Gasteiger partial charge in [0.2, 0.25) is 6.29 Å². The first-order chi connectivity index (χ1) is 16.5. The monoisotopic (exact) mass is 527 g/mol. The number of oxime groups is 1. The molecule has 3 N–H and O–H groups in total. The predicted molar refractivity (Wildman–Crippen MR) is 126 cm³/mol. The molecule has 3 heterocycles. The minimum atomic E-state index is -1.24. The van der Waals surface area contributed by atoms with Gasteiger partial charge in [-0.1, -0.05) is 5.16 Å². The third-order valence-electron chi connectivity index (χ3n) is 4.67. The van der Waals surface area contributed by atoms with Gasteiger partial charge in [-0.3, -0.25) is 14.5 Å². The van der Waals surface area contributed by atoms with Crippen LogP contribution in [0.4, 0.5) is 9.93 Å². The third kappa shape index (κ3) is 5.85. The van der Waals surface area contributed by atoms with Crippen molar-refractivity contribution < 1.29 is 38.2 Å². The Bertz CT molecular complexity index is 1090. The number of esters is 1. The molecule has 2 amide bonds. The van der Waals surface area contributed by atoms with Gasteiger partial charge in [0, 0.05) is 18.1 Å². The molecule has 1 aromatic rings. The van der Waals surface area contributed by atoms with Crippen molar-refractivity contribution in [3.63, 3.8) is 0 Å². The van der Waals surface area contributed by atoms with Gasteiger partial charge in [-0.15, -0.1) is 23.1 Å². The van der Waals surface area contributed by atoms with E-state index >= 15 is 0 Å². The first-order valence-corrected chi connectivity index (χ1v) is 12.3. The molecule has 35 heavy (non-hydrogen) atoms. The van der Waals surface area contributed by atoms with E-state index in [1.54, 1.807) is 20.8 Å². The van der Waals surface area contributed by atoms with Crippen LogP contribution in [0, 0.1) is 0 Å². The number of ether oxygens (including phenoxy) is 3. The molecular weight excluding hydrogens is 502 g/mol. The standard InChI is InChI=1S/C20H25N5O8S2/c1-8(2)31-20(29)33-10(4)32-18(28)14-9(3)6-34-17-13(16(27)25(14)17)23-15(26)12(24-30-5)11-7-35-19(21)22-11/h7-8,10,13,17H,6H2,1-5H3,(H2,21,22)(H,23,26)/b24-12+/t10?,13-,17-/m1/s1. The number of carbonyl (C=O) groups is 4. The zero-order valence-corrected chi connectivity index (χ0v) is 21.2. The van der Waals surface area contributed by atoms with Gasteiger partial charge in [-0.2, -0.15) is 0 Å².